The fourth-order valence-electron chi connectivity index (χ4n) is 5.22. The number of thiol groups is 1. The lowest BCUT2D eigenvalue weighted by Crippen LogP contribution is -2.48. The van der Waals surface area contributed by atoms with Gasteiger partial charge in [0.1, 0.15) is 25.8 Å². The monoisotopic (exact) mass is 644 g/mol. The highest BCUT2D eigenvalue weighted by atomic mass is 32.1. The van der Waals surface area contributed by atoms with Crippen LogP contribution in [0, 0.1) is 26.1 Å². The Morgan fingerprint density at radius 1 is 0.956 bits per heavy atom. The Morgan fingerprint density at radius 3 is 2.29 bits per heavy atom. The molecule has 4 amide bonds. The molecule has 4 rings (SSSR count). The number of hydrogen-bond acceptors (Lipinski definition) is 11. The molecule has 2 saturated heterocycles. The van der Waals surface area contributed by atoms with Gasteiger partial charge in [0.25, 0.3) is 11.6 Å². The number of likely N-dealkylation sites (tertiary alicyclic amines) is 2. The summed E-state index contributed by atoms with van der Waals surface area (Å²) in [5.41, 5.74) is 2.69. The number of carbonyl (C=O) groups is 4. The van der Waals surface area contributed by atoms with E-state index >= 15 is 0 Å². The highest BCUT2D eigenvalue weighted by Crippen LogP contribution is 2.28. The highest BCUT2D eigenvalue weighted by molar-refractivity contribution is 7.81. The first-order valence-corrected chi connectivity index (χ1v) is 14.5. The number of benzene rings is 2. The lowest BCUT2D eigenvalue weighted by molar-refractivity contribution is -0.530. The first-order valence-electron chi connectivity index (χ1n) is 14.0. The normalized spacial score (nSPS) is 19.1. The van der Waals surface area contributed by atoms with E-state index < -0.39 is 40.6 Å². The summed E-state index contributed by atoms with van der Waals surface area (Å²) in [7, 11) is 0. The third-order valence-corrected chi connectivity index (χ3v) is 7.77. The topological polar surface area (TPSA) is 195 Å². The molecule has 17 heteroatoms. The Labute approximate surface area is 262 Å². The Hall–Kier alpha value is -4.93. The lowest BCUT2D eigenvalue weighted by Gasteiger charge is -2.28. The largest absolute Gasteiger partial charge is 0.445 e. The molecule has 0 saturated carbocycles. The van der Waals surface area contributed by atoms with Gasteiger partial charge in [-0.2, -0.15) is 12.6 Å². The maximum absolute atomic E-state index is 13.5. The van der Waals surface area contributed by atoms with E-state index in [0.29, 0.717) is 30.5 Å². The molecule has 2 aliphatic heterocycles. The Morgan fingerprint density at radius 2 is 1.62 bits per heavy atom. The smallest absolute Gasteiger partial charge is 0.410 e. The van der Waals surface area contributed by atoms with Crippen LogP contribution in [-0.4, -0.2) is 92.7 Å². The molecule has 0 bridgehead atoms. The van der Waals surface area contributed by atoms with Crippen molar-refractivity contribution in [2.75, 3.05) is 32.7 Å². The van der Waals surface area contributed by atoms with Crippen molar-refractivity contribution in [3.63, 3.8) is 0 Å². The van der Waals surface area contributed by atoms with Crippen molar-refractivity contribution >= 4 is 42.3 Å². The van der Waals surface area contributed by atoms with Crippen molar-refractivity contribution in [2.24, 2.45) is 5.92 Å². The number of ether oxygens (including phenoxy) is 2. The van der Waals surface area contributed by atoms with Gasteiger partial charge in [-0.05, 0) is 42.0 Å². The first kappa shape index (κ1) is 33.0. The number of nitro benzene ring substituents is 1. The molecule has 3 unspecified atom stereocenters. The molecule has 0 spiro atoms. The summed E-state index contributed by atoms with van der Waals surface area (Å²) in [6, 6.07) is 13.6. The molecular formula is C28H32N6O10S. The average Bonchev–Trinajstić information content (AvgIpc) is 3.65. The van der Waals surface area contributed by atoms with Crippen molar-refractivity contribution in [3.8, 4) is 0 Å². The van der Waals surface area contributed by atoms with Crippen LogP contribution in [0.5, 0.6) is 0 Å². The van der Waals surface area contributed by atoms with E-state index in [2.05, 4.69) is 12.6 Å². The number of nitro groups is 2. The standard InChI is InChI=1S/C28H32N6O10S/c35-25(29-34(41)42)16-31(27(37)43-17-19-4-2-1-3-5-19)14-21-10-11-30(13-21)26(36)24-12-23(45)15-32(24)28(38)44-18-20-6-8-22(9-7-20)33(39)40/h1-9,21,23-24,45H,10-18H2,(H,29,35). The fraction of sp³-hybridized carbons (Fsp3) is 0.429. The molecule has 3 atom stereocenters. The molecule has 0 radical (unpaired) electrons. The number of carbonyl (C=O) groups excluding carboxylic acids is 4. The summed E-state index contributed by atoms with van der Waals surface area (Å²) in [4.78, 5) is 76.5. The third-order valence-electron chi connectivity index (χ3n) is 7.40. The number of non-ortho nitro benzene ring substituents is 1. The van der Waals surface area contributed by atoms with E-state index in [1.54, 1.807) is 35.2 Å². The fourth-order valence-corrected chi connectivity index (χ4v) is 5.60. The van der Waals surface area contributed by atoms with Gasteiger partial charge in [-0.25, -0.2) is 19.7 Å². The number of nitrogens with zero attached hydrogens (tertiary/aromatic N) is 5. The molecule has 45 heavy (non-hydrogen) atoms. The van der Waals surface area contributed by atoms with Crippen LogP contribution in [-0.2, 0) is 32.3 Å². The maximum Gasteiger partial charge on any atom is 0.410 e. The highest BCUT2D eigenvalue weighted by Gasteiger charge is 2.43. The minimum absolute atomic E-state index is 0.00336. The maximum atomic E-state index is 13.5. The summed E-state index contributed by atoms with van der Waals surface area (Å²) >= 11 is 4.47. The predicted octanol–water partition coefficient (Wildman–Crippen LogP) is 2.40. The van der Waals surface area contributed by atoms with Gasteiger partial charge in [0, 0.05) is 43.6 Å². The van der Waals surface area contributed by atoms with Crippen molar-refractivity contribution in [1.82, 2.24) is 20.1 Å². The van der Waals surface area contributed by atoms with Gasteiger partial charge in [-0.1, -0.05) is 35.8 Å². The summed E-state index contributed by atoms with van der Waals surface area (Å²) in [5, 5.41) is 20.3. The molecular weight excluding hydrogens is 612 g/mol. The van der Waals surface area contributed by atoms with E-state index in [1.807, 2.05) is 0 Å². The van der Waals surface area contributed by atoms with E-state index in [9.17, 15) is 39.4 Å². The first-order chi connectivity index (χ1) is 21.5. The third kappa shape index (κ3) is 9.28. The van der Waals surface area contributed by atoms with Gasteiger partial charge in [-0.15, -0.1) is 0 Å². The zero-order valence-electron chi connectivity index (χ0n) is 24.1. The minimum Gasteiger partial charge on any atom is -0.445 e. The van der Waals surface area contributed by atoms with E-state index in [1.165, 1.54) is 34.6 Å². The van der Waals surface area contributed by atoms with E-state index in [-0.39, 0.29) is 55.6 Å². The zero-order valence-corrected chi connectivity index (χ0v) is 25.0. The molecule has 2 fully saturated rings. The van der Waals surface area contributed by atoms with Gasteiger partial charge in [0.05, 0.1) is 4.92 Å². The molecule has 0 aromatic heterocycles. The van der Waals surface area contributed by atoms with Crippen molar-refractivity contribution in [3.05, 3.63) is 86.0 Å². The van der Waals surface area contributed by atoms with E-state index in [0.717, 1.165) is 4.90 Å². The van der Waals surface area contributed by atoms with Crippen LogP contribution >= 0.6 is 12.6 Å². The second-order valence-corrected chi connectivity index (χ2v) is 11.4. The van der Waals surface area contributed by atoms with Crippen LogP contribution in [0.4, 0.5) is 15.3 Å². The van der Waals surface area contributed by atoms with Crippen LogP contribution < -0.4 is 5.43 Å². The van der Waals surface area contributed by atoms with Gasteiger partial charge in [-0.3, -0.25) is 29.5 Å². The van der Waals surface area contributed by atoms with Crippen LogP contribution in [0.15, 0.2) is 54.6 Å². The van der Waals surface area contributed by atoms with Crippen molar-refractivity contribution in [1.29, 1.82) is 0 Å². The van der Waals surface area contributed by atoms with Gasteiger partial charge >= 0.3 is 12.2 Å². The molecule has 16 nitrogen and oxygen atoms in total. The van der Waals surface area contributed by atoms with Crippen LogP contribution in [0.1, 0.15) is 24.0 Å². The lowest BCUT2D eigenvalue weighted by atomic mass is 10.1. The van der Waals surface area contributed by atoms with Crippen molar-refractivity contribution < 1.29 is 38.6 Å². The summed E-state index contributed by atoms with van der Waals surface area (Å²) in [6.07, 6.45) is -0.776. The Bertz CT molecular complexity index is 1410. The molecule has 1 N–H and O–H groups in total. The van der Waals surface area contributed by atoms with Crippen LogP contribution in [0.2, 0.25) is 0 Å². The van der Waals surface area contributed by atoms with Gasteiger partial charge in [0.2, 0.25) is 5.91 Å². The Kier molecular flexibility index (Phi) is 11.1. The van der Waals surface area contributed by atoms with Crippen molar-refractivity contribution in [2.45, 2.75) is 37.3 Å². The molecule has 2 aromatic carbocycles. The number of amides is 4. The molecule has 240 valence electrons. The molecule has 2 aliphatic rings. The second-order valence-electron chi connectivity index (χ2n) is 10.7. The van der Waals surface area contributed by atoms with Crippen LogP contribution in [0.3, 0.4) is 0 Å². The number of rotatable bonds is 11. The van der Waals surface area contributed by atoms with Gasteiger partial charge in [0.15, 0.2) is 5.03 Å². The molecule has 0 aliphatic carbocycles. The summed E-state index contributed by atoms with van der Waals surface area (Å²) in [5.74, 6) is -1.58. The molecule has 2 heterocycles. The Balaban J connectivity index is 1.34. The van der Waals surface area contributed by atoms with E-state index in [4.69, 9.17) is 9.47 Å². The predicted molar refractivity (Wildman–Crippen MR) is 159 cm³/mol. The molecule has 2 aromatic rings. The number of nitrogens with one attached hydrogen (secondary N) is 1. The second kappa shape index (κ2) is 15.2. The number of hydrogen-bond donors (Lipinski definition) is 2. The number of hydrazine groups is 1. The van der Waals surface area contributed by atoms with Gasteiger partial charge < -0.3 is 14.4 Å². The summed E-state index contributed by atoms with van der Waals surface area (Å²) in [6.45, 7) is -0.0831. The van der Waals surface area contributed by atoms with Crippen LogP contribution in [0.25, 0.3) is 0 Å². The SMILES string of the molecule is O=C(CN(CC1CCN(C(=O)C2CC(S)CN2C(=O)OCc2ccc([N+](=O)[O-])cc2)C1)C(=O)OCc1ccccc1)N[N+](=O)[O-]. The zero-order chi connectivity index (χ0) is 32.5. The summed E-state index contributed by atoms with van der Waals surface area (Å²) < 4.78 is 10.7. The average molecular weight is 645 g/mol. The minimum atomic E-state index is -1.01. The quantitative estimate of drug-likeness (QED) is 0.208.